The van der Waals surface area contributed by atoms with Crippen LogP contribution in [0.25, 0.3) is 0 Å². The van der Waals surface area contributed by atoms with Gasteiger partial charge in [0.15, 0.2) is 0 Å². The second-order valence-corrected chi connectivity index (χ2v) is 4.43. The smallest absolute Gasteiger partial charge is 0.248 e. The molecule has 1 atom stereocenters. The number of nitrogens with two attached hydrogens (primary N) is 1. The average Bonchev–Trinajstić information content (AvgIpc) is 2.29. The summed E-state index contributed by atoms with van der Waals surface area (Å²) in [6.07, 6.45) is 2.23. The van der Waals surface area contributed by atoms with Crippen LogP contribution < -0.4 is 11.1 Å². The molecule has 1 saturated heterocycles. The van der Waals surface area contributed by atoms with E-state index in [4.69, 9.17) is 5.73 Å². The van der Waals surface area contributed by atoms with E-state index < -0.39 is 5.91 Å². The summed E-state index contributed by atoms with van der Waals surface area (Å²) in [5, 5.41) is 2.80. The molecule has 1 fully saturated rings. The molecule has 0 saturated carbocycles. The number of piperidine rings is 1. The third-order valence-corrected chi connectivity index (χ3v) is 3.14. The molecule has 1 aliphatic heterocycles. The molecule has 4 nitrogen and oxygen atoms in total. The molecular formula is C13H16N2O2. The summed E-state index contributed by atoms with van der Waals surface area (Å²) in [6.45, 7) is 0.724. The van der Waals surface area contributed by atoms with Gasteiger partial charge in [-0.1, -0.05) is 18.2 Å². The topological polar surface area (TPSA) is 72.2 Å². The lowest BCUT2D eigenvalue weighted by Crippen LogP contribution is -2.34. The number of primary amides is 1. The van der Waals surface area contributed by atoms with Crippen molar-refractivity contribution < 1.29 is 9.59 Å². The van der Waals surface area contributed by atoms with Gasteiger partial charge < -0.3 is 11.1 Å². The lowest BCUT2D eigenvalue weighted by molar-refractivity contribution is -0.123. The van der Waals surface area contributed by atoms with Gasteiger partial charge in [0, 0.05) is 18.5 Å². The minimum atomic E-state index is -0.402. The fraction of sp³-hybridized carbons (Fsp3) is 0.385. The van der Waals surface area contributed by atoms with Crippen LogP contribution >= 0.6 is 0 Å². The molecule has 0 bridgehead atoms. The van der Waals surface area contributed by atoms with Crippen molar-refractivity contribution in [1.82, 2.24) is 5.32 Å². The number of carbonyl (C=O) groups excluding carboxylic acids is 2. The third kappa shape index (κ3) is 2.84. The van der Waals surface area contributed by atoms with Crippen LogP contribution in [-0.2, 0) is 11.2 Å². The number of hydrogen-bond acceptors (Lipinski definition) is 2. The Kier molecular flexibility index (Phi) is 3.42. The van der Waals surface area contributed by atoms with Crippen molar-refractivity contribution >= 4 is 11.8 Å². The Bertz CT molecular complexity index is 443. The standard InChI is InChI=1S/C13H16N2O2/c14-13(17)11-4-2-1-3-10(11)7-9-5-6-15-12(16)8-9/h1-4,9H,5-8H2,(H2,14,17)(H,15,16). The van der Waals surface area contributed by atoms with Gasteiger partial charge in [0.1, 0.15) is 0 Å². The number of hydrogen-bond donors (Lipinski definition) is 2. The lowest BCUT2D eigenvalue weighted by Gasteiger charge is -2.22. The van der Waals surface area contributed by atoms with Crippen LogP contribution in [0, 0.1) is 5.92 Å². The molecule has 0 aromatic heterocycles. The zero-order valence-electron chi connectivity index (χ0n) is 9.61. The molecule has 1 aliphatic rings. The minimum absolute atomic E-state index is 0.0952. The van der Waals surface area contributed by atoms with Crippen LogP contribution in [0.2, 0.25) is 0 Å². The van der Waals surface area contributed by atoms with Crippen LogP contribution in [0.1, 0.15) is 28.8 Å². The first-order valence-corrected chi connectivity index (χ1v) is 5.81. The molecule has 0 aliphatic carbocycles. The summed E-state index contributed by atoms with van der Waals surface area (Å²) in [5.41, 5.74) is 6.84. The predicted molar refractivity (Wildman–Crippen MR) is 64.4 cm³/mol. The van der Waals surface area contributed by atoms with Crippen LogP contribution in [-0.4, -0.2) is 18.4 Å². The summed E-state index contributed by atoms with van der Waals surface area (Å²) in [4.78, 5) is 22.6. The first kappa shape index (κ1) is 11.6. The predicted octanol–water partition coefficient (Wildman–Crippen LogP) is 0.854. The Morgan fingerprint density at radius 3 is 2.88 bits per heavy atom. The van der Waals surface area contributed by atoms with Gasteiger partial charge in [-0.25, -0.2) is 0 Å². The number of rotatable bonds is 3. The number of carbonyl (C=O) groups is 2. The normalized spacial score (nSPS) is 19.8. The van der Waals surface area contributed by atoms with E-state index >= 15 is 0 Å². The Hall–Kier alpha value is -1.84. The van der Waals surface area contributed by atoms with Crippen molar-refractivity contribution in [3.05, 3.63) is 35.4 Å². The maximum absolute atomic E-state index is 11.3. The molecule has 1 heterocycles. The molecule has 17 heavy (non-hydrogen) atoms. The second-order valence-electron chi connectivity index (χ2n) is 4.43. The van der Waals surface area contributed by atoms with E-state index in [9.17, 15) is 9.59 Å². The van der Waals surface area contributed by atoms with E-state index in [1.165, 1.54) is 0 Å². The number of benzene rings is 1. The Labute approximate surface area is 100 Å². The van der Waals surface area contributed by atoms with Gasteiger partial charge in [0.05, 0.1) is 0 Å². The summed E-state index contributed by atoms with van der Waals surface area (Å²) in [5.74, 6) is 0.00270. The Morgan fingerprint density at radius 2 is 2.18 bits per heavy atom. The first-order chi connectivity index (χ1) is 8.16. The van der Waals surface area contributed by atoms with Crippen LogP contribution in [0.3, 0.4) is 0 Å². The molecule has 1 aromatic carbocycles. The maximum Gasteiger partial charge on any atom is 0.248 e. The van der Waals surface area contributed by atoms with Crippen LogP contribution in [0.15, 0.2) is 24.3 Å². The van der Waals surface area contributed by atoms with Gasteiger partial charge in [-0.2, -0.15) is 0 Å². The van der Waals surface area contributed by atoms with Crippen LogP contribution in [0.4, 0.5) is 0 Å². The number of nitrogens with one attached hydrogen (secondary N) is 1. The molecular weight excluding hydrogens is 216 g/mol. The molecule has 1 unspecified atom stereocenters. The number of amides is 2. The highest BCUT2D eigenvalue weighted by molar-refractivity contribution is 5.94. The Morgan fingerprint density at radius 1 is 1.41 bits per heavy atom. The maximum atomic E-state index is 11.3. The fourth-order valence-electron chi connectivity index (χ4n) is 2.28. The van der Waals surface area contributed by atoms with Crippen molar-refractivity contribution in [2.45, 2.75) is 19.3 Å². The van der Waals surface area contributed by atoms with Gasteiger partial charge in [0.25, 0.3) is 0 Å². The van der Waals surface area contributed by atoms with Crippen molar-refractivity contribution in [3.8, 4) is 0 Å². The van der Waals surface area contributed by atoms with Gasteiger partial charge in [0.2, 0.25) is 11.8 Å². The quantitative estimate of drug-likeness (QED) is 0.811. The summed E-state index contributed by atoms with van der Waals surface area (Å²) < 4.78 is 0. The van der Waals surface area contributed by atoms with Gasteiger partial charge in [-0.15, -0.1) is 0 Å². The zero-order chi connectivity index (χ0) is 12.3. The van der Waals surface area contributed by atoms with E-state index in [2.05, 4.69) is 5.32 Å². The molecule has 0 spiro atoms. The van der Waals surface area contributed by atoms with E-state index in [0.717, 1.165) is 24.9 Å². The van der Waals surface area contributed by atoms with Crippen molar-refractivity contribution in [2.24, 2.45) is 11.7 Å². The van der Waals surface area contributed by atoms with E-state index in [-0.39, 0.29) is 5.91 Å². The van der Waals surface area contributed by atoms with Crippen molar-refractivity contribution in [2.75, 3.05) is 6.54 Å². The van der Waals surface area contributed by atoms with E-state index in [1.54, 1.807) is 12.1 Å². The van der Waals surface area contributed by atoms with Gasteiger partial charge in [-0.3, -0.25) is 9.59 Å². The molecule has 90 valence electrons. The van der Waals surface area contributed by atoms with Crippen molar-refractivity contribution in [1.29, 1.82) is 0 Å². The highest BCUT2D eigenvalue weighted by atomic mass is 16.2. The fourth-order valence-corrected chi connectivity index (χ4v) is 2.28. The average molecular weight is 232 g/mol. The molecule has 2 rings (SSSR count). The van der Waals surface area contributed by atoms with E-state index in [1.807, 2.05) is 12.1 Å². The summed E-state index contributed by atoms with van der Waals surface area (Å²) >= 11 is 0. The highest BCUT2D eigenvalue weighted by Gasteiger charge is 2.20. The third-order valence-electron chi connectivity index (χ3n) is 3.14. The second kappa shape index (κ2) is 4.99. The molecule has 0 radical (unpaired) electrons. The molecule has 4 heteroatoms. The van der Waals surface area contributed by atoms with E-state index in [0.29, 0.717) is 17.9 Å². The largest absolute Gasteiger partial charge is 0.366 e. The summed E-state index contributed by atoms with van der Waals surface area (Å²) in [7, 11) is 0. The summed E-state index contributed by atoms with van der Waals surface area (Å²) in [6, 6.07) is 7.34. The Balaban J connectivity index is 2.12. The zero-order valence-corrected chi connectivity index (χ0v) is 9.61. The highest BCUT2D eigenvalue weighted by Crippen LogP contribution is 2.20. The minimum Gasteiger partial charge on any atom is -0.366 e. The lowest BCUT2D eigenvalue weighted by atomic mass is 9.88. The van der Waals surface area contributed by atoms with Crippen molar-refractivity contribution in [3.63, 3.8) is 0 Å². The molecule has 2 amide bonds. The van der Waals surface area contributed by atoms with Crippen LogP contribution in [0.5, 0.6) is 0 Å². The van der Waals surface area contributed by atoms with Gasteiger partial charge in [-0.05, 0) is 30.4 Å². The first-order valence-electron chi connectivity index (χ1n) is 5.81. The van der Waals surface area contributed by atoms with Gasteiger partial charge >= 0.3 is 0 Å². The molecule has 1 aromatic rings. The molecule has 3 N–H and O–H groups in total. The SMILES string of the molecule is NC(=O)c1ccccc1CC1CCNC(=O)C1. The monoisotopic (exact) mass is 232 g/mol.